The topological polar surface area (TPSA) is 21.3 Å². The summed E-state index contributed by atoms with van der Waals surface area (Å²) < 4.78 is 6.05. The first-order valence-corrected chi connectivity index (χ1v) is 8.65. The fourth-order valence-electron chi connectivity index (χ4n) is 2.60. The third kappa shape index (κ3) is 6.99. The molecule has 0 radical (unpaired) electrons. The van der Waals surface area contributed by atoms with Crippen LogP contribution in [0.15, 0.2) is 18.2 Å². The molecule has 1 rings (SSSR count). The van der Waals surface area contributed by atoms with Gasteiger partial charge in [0.15, 0.2) is 0 Å². The highest BCUT2D eigenvalue weighted by molar-refractivity contribution is 5.39. The summed E-state index contributed by atoms with van der Waals surface area (Å²) in [5.74, 6) is 1.05. The van der Waals surface area contributed by atoms with Crippen molar-refractivity contribution in [3.8, 4) is 5.75 Å². The number of ether oxygens (including phenoxy) is 1. The van der Waals surface area contributed by atoms with Crippen molar-refractivity contribution in [3.63, 3.8) is 0 Å². The van der Waals surface area contributed by atoms with Gasteiger partial charge in [-0.15, -0.1) is 0 Å². The molecule has 0 aliphatic carbocycles. The molecule has 0 bridgehead atoms. The molecule has 0 amide bonds. The van der Waals surface area contributed by atoms with Gasteiger partial charge >= 0.3 is 0 Å². The Morgan fingerprint density at radius 3 is 2.48 bits per heavy atom. The van der Waals surface area contributed by atoms with Crippen LogP contribution < -0.4 is 10.1 Å². The minimum atomic E-state index is 0.343. The summed E-state index contributed by atoms with van der Waals surface area (Å²) in [5, 5.41) is 3.47. The van der Waals surface area contributed by atoms with Gasteiger partial charge in [-0.25, -0.2) is 0 Å². The minimum absolute atomic E-state index is 0.343. The quantitative estimate of drug-likeness (QED) is 0.551. The van der Waals surface area contributed by atoms with Crippen molar-refractivity contribution in [2.24, 2.45) is 0 Å². The number of rotatable bonds is 11. The van der Waals surface area contributed by atoms with E-state index in [9.17, 15) is 0 Å². The Labute approximate surface area is 131 Å². The smallest absolute Gasteiger partial charge is 0.124 e. The van der Waals surface area contributed by atoms with Crippen molar-refractivity contribution in [2.45, 2.75) is 72.3 Å². The van der Waals surface area contributed by atoms with Gasteiger partial charge in [-0.3, -0.25) is 0 Å². The second kappa shape index (κ2) is 10.7. The summed E-state index contributed by atoms with van der Waals surface area (Å²) in [6.07, 6.45) is 7.82. The second-order valence-electron chi connectivity index (χ2n) is 5.94. The molecule has 1 N–H and O–H groups in total. The Morgan fingerprint density at radius 2 is 1.76 bits per heavy atom. The Balaban J connectivity index is 2.43. The van der Waals surface area contributed by atoms with Crippen molar-refractivity contribution < 1.29 is 4.74 Å². The largest absolute Gasteiger partial charge is 0.493 e. The summed E-state index contributed by atoms with van der Waals surface area (Å²) >= 11 is 0. The Kier molecular flexibility index (Phi) is 9.16. The van der Waals surface area contributed by atoms with Gasteiger partial charge in [0.2, 0.25) is 0 Å². The van der Waals surface area contributed by atoms with Crippen LogP contribution >= 0.6 is 0 Å². The zero-order valence-electron chi connectivity index (χ0n) is 14.4. The van der Waals surface area contributed by atoms with Crippen LogP contribution in [0.2, 0.25) is 0 Å². The fourth-order valence-corrected chi connectivity index (χ4v) is 2.60. The Morgan fingerprint density at radius 1 is 1.05 bits per heavy atom. The van der Waals surface area contributed by atoms with Crippen LogP contribution in [0.1, 0.15) is 76.5 Å². The highest BCUT2D eigenvalue weighted by Gasteiger charge is 2.10. The molecule has 0 spiro atoms. The number of aryl methyl sites for hydroxylation is 1. The summed E-state index contributed by atoms with van der Waals surface area (Å²) in [4.78, 5) is 0. The van der Waals surface area contributed by atoms with E-state index < -0.39 is 0 Å². The fraction of sp³-hybridized carbons (Fsp3) is 0.684. The first-order valence-electron chi connectivity index (χ1n) is 8.65. The normalized spacial score (nSPS) is 12.4. The van der Waals surface area contributed by atoms with Crippen molar-refractivity contribution in [1.29, 1.82) is 0 Å². The van der Waals surface area contributed by atoms with Gasteiger partial charge in [-0.05, 0) is 38.4 Å². The van der Waals surface area contributed by atoms with Crippen molar-refractivity contribution in [2.75, 3.05) is 13.2 Å². The highest BCUT2D eigenvalue weighted by Crippen LogP contribution is 2.26. The van der Waals surface area contributed by atoms with Gasteiger partial charge in [-0.2, -0.15) is 0 Å². The van der Waals surface area contributed by atoms with E-state index in [0.29, 0.717) is 6.04 Å². The van der Waals surface area contributed by atoms with E-state index in [1.165, 1.54) is 43.2 Å². The van der Waals surface area contributed by atoms with Crippen LogP contribution in [0, 0.1) is 6.92 Å². The molecule has 1 aromatic rings. The lowest BCUT2D eigenvalue weighted by Gasteiger charge is -2.18. The van der Waals surface area contributed by atoms with E-state index in [4.69, 9.17) is 4.74 Å². The zero-order chi connectivity index (χ0) is 15.5. The van der Waals surface area contributed by atoms with Crippen LogP contribution in [0.3, 0.4) is 0 Å². The van der Waals surface area contributed by atoms with Gasteiger partial charge in [-0.1, -0.05) is 58.1 Å². The maximum Gasteiger partial charge on any atom is 0.124 e. The number of hydrogen-bond acceptors (Lipinski definition) is 2. The standard InChI is InChI=1S/C19H33NO/c1-5-7-8-9-10-11-14-21-19-15-16(3)12-13-18(19)17(4)20-6-2/h12-13,15,17,20H,5-11,14H2,1-4H3. The molecule has 0 saturated heterocycles. The predicted molar refractivity (Wildman–Crippen MR) is 92.1 cm³/mol. The van der Waals surface area contributed by atoms with Crippen molar-refractivity contribution >= 4 is 0 Å². The molecule has 2 nitrogen and oxygen atoms in total. The molecule has 1 atom stereocenters. The Bertz CT molecular complexity index is 389. The van der Waals surface area contributed by atoms with Crippen molar-refractivity contribution in [1.82, 2.24) is 5.32 Å². The molecule has 120 valence electrons. The molecule has 0 aliphatic rings. The molecule has 0 aromatic heterocycles. The summed E-state index contributed by atoms with van der Waals surface area (Å²) in [5.41, 5.74) is 2.54. The molecule has 1 aromatic carbocycles. The van der Waals surface area contributed by atoms with E-state index in [0.717, 1.165) is 25.3 Å². The SMILES string of the molecule is CCCCCCCCOc1cc(C)ccc1C(C)NCC. The average molecular weight is 291 g/mol. The maximum absolute atomic E-state index is 6.05. The molecule has 21 heavy (non-hydrogen) atoms. The van der Waals surface area contributed by atoms with Gasteiger partial charge in [0, 0.05) is 11.6 Å². The van der Waals surface area contributed by atoms with Gasteiger partial charge in [0.25, 0.3) is 0 Å². The summed E-state index contributed by atoms with van der Waals surface area (Å²) in [6.45, 7) is 10.5. The van der Waals surface area contributed by atoms with Gasteiger partial charge in [0.1, 0.15) is 5.75 Å². The van der Waals surface area contributed by atoms with E-state index in [-0.39, 0.29) is 0 Å². The molecule has 0 saturated carbocycles. The second-order valence-corrected chi connectivity index (χ2v) is 5.94. The third-order valence-corrected chi connectivity index (χ3v) is 3.90. The average Bonchev–Trinajstić information content (AvgIpc) is 2.46. The van der Waals surface area contributed by atoms with Crippen LogP contribution in [-0.4, -0.2) is 13.2 Å². The highest BCUT2D eigenvalue weighted by atomic mass is 16.5. The third-order valence-electron chi connectivity index (χ3n) is 3.90. The summed E-state index contributed by atoms with van der Waals surface area (Å²) in [7, 11) is 0. The molecule has 0 aliphatic heterocycles. The van der Waals surface area contributed by atoms with Crippen LogP contribution in [-0.2, 0) is 0 Å². The molecule has 2 heteroatoms. The van der Waals surface area contributed by atoms with Gasteiger partial charge in [0.05, 0.1) is 6.61 Å². The van der Waals surface area contributed by atoms with E-state index in [2.05, 4.69) is 51.2 Å². The zero-order valence-corrected chi connectivity index (χ0v) is 14.4. The molecule has 0 fully saturated rings. The van der Waals surface area contributed by atoms with Crippen LogP contribution in [0.5, 0.6) is 5.75 Å². The lowest BCUT2D eigenvalue weighted by molar-refractivity contribution is 0.298. The monoisotopic (exact) mass is 291 g/mol. The number of unbranched alkanes of at least 4 members (excludes halogenated alkanes) is 5. The maximum atomic E-state index is 6.05. The van der Waals surface area contributed by atoms with E-state index >= 15 is 0 Å². The van der Waals surface area contributed by atoms with Crippen LogP contribution in [0.25, 0.3) is 0 Å². The number of nitrogens with one attached hydrogen (secondary N) is 1. The van der Waals surface area contributed by atoms with Crippen molar-refractivity contribution in [3.05, 3.63) is 29.3 Å². The first-order chi connectivity index (χ1) is 10.2. The van der Waals surface area contributed by atoms with Crippen LogP contribution in [0.4, 0.5) is 0 Å². The molecular weight excluding hydrogens is 258 g/mol. The number of hydrogen-bond donors (Lipinski definition) is 1. The summed E-state index contributed by atoms with van der Waals surface area (Å²) in [6, 6.07) is 6.87. The van der Waals surface area contributed by atoms with E-state index in [1.54, 1.807) is 0 Å². The predicted octanol–water partition coefficient (Wildman–Crippen LogP) is 5.40. The number of benzene rings is 1. The van der Waals surface area contributed by atoms with E-state index in [1.807, 2.05) is 0 Å². The minimum Gasteiger partial charge on any atom is -0.493 e. The lowest BCUT2D eigenvalue weighted by atomic mass is 10.0. The molecule has 0 heterocycles. The molecular formula is C19H33NO. The Hall–Kier alpha value is -1.02. The molecule has 1 unspecified atom stereocenters. The van der Waals surface area contributed by atoms with Gasteiger partial charge < -0.3 is 10.1 Å². The first kappa shape index (κ1) is 18.0. The lowest BCUT2D eigenvalue weighted by Crippen LogP contribution is -2.18.